The van der Waals surface area contributed by atoms with Crippen LogP contribution in [-0.2, 0) is 16.0 Å². The van der Waals surface area contributed by atoms with Crippen LogP contribution in [0.15, 0.2) is 18.2 Å². The topological polar surface area (TPSA) is 105 Å². The van der Waals surface area contributed by atoms with Crippen molar-refractivity contribution >= 4 is 29.2 Å². The highest BCUT2D eigenvalue weighted by atomic mass is 16.2. The highest BCUT2D eigenvalue weighted by molar-refractivity contribution is 5.97. The lowest BCUT2D eigenvalue weighted by Gasteiger charge is -2.30. The number of hydrogen-bond donors (Lipinski definition) is 3. The molecule has 7 nitrogen and oxygen atoms in total. The molecule has 0 aromatic heterocycles. The summed E-state index contributed by atoms with van der Waals surface area (Å²) in [5.41, 5.74) is 7.73. The summed E-state index contributed by atoms with van der Waals surface area (Å²) in [6.07, 6.45) is 3.70. The molecule has 2 aliphatic rings. The number of benzene rings is 1. The summed E-state index contributed by atoms with van der Waals surface area (Å²) in [5.74, 6) is 0.359. The monoisotopic (exact) mass is 330 g/mol. The van der Waals surface area contributed by atoms with E-state index in [1.165, 1.54) is 12.8 Å². The largest absolute Gasteiger partial charge is 0.370 e. The summed E-state index contributed by atoms with van der Waals surface area (Å²) in [5, 5.41) is 5.32. The molecule has 1 saturated carbocycles. The SMILES string of the molecule is NC(=O)CCNC(=O)Nc1ccc2c(c1)CCC(=O)N2CC1CC1. The molecular formula is C17H22N4O3. The second-order valence-corrected chi connectivity index (χ2v) is 6.39. The number of hydrogen-bond acceptors (Lipinski definition) is 3. The van der Waals surface area contributed by atoms with Gasteiger partial charge in [0, 0.05) is 37.3 Å². The lowest BCUT2D eigenvalue weighted by Crippen LogP contribution is -2.36. The molecule has 1 aliphatic heterocycles. The molecule has 1 aromatic carbocycles. The molecule has 1 heterocycles. The van der Waals surface area contributed by atoms with Gasteiger partial charge in [-0.2, -0.15) is 0 Å². The van der Waals surface area contributed by atoms with E-state index in [1.807, 2.05) is 17.0 Å². The van der Waals surface area contributed by atoms with Gasteiger partial charge in [-0.05, 0) is 48.9 Å². The molecule has 128 valence electrons. The summed E-state index contributed by atoms with van der Waals surface area (Å²) in [4.78, 5) is 36.5. The number of nitrogens with zero attached hydrogens (tertiary/aromatic N) is 1. The van der Waals surface area contributed by atoms with Crippen molar-refractivity contribution in [3.63, 3.8) is 0 Å². The van der Waals surface area contributed by atoms with Crippen molar-refractivity contribution in [1.29, 1.82) is 0 Å². The van der Waals surface area contributed by atoms with E-state index in [0.717, 1.165) is 17.8 Å². The van der Waals surface area contributed by atoms with Crippen LogP contribution < -0.4 is 21.3 Å². The molecular weight excluding hydrogens is 308 g/mol. The fourth-order valence-electron chi connectivity index (χ4n) is 2.87. The molecule has 0 atom stereocenters. The summed E-state index contributed by atoms with van der Waals surface area (Å²) < 4.78 is 0. The molecule has 7 heteroatoms. The normalized spacial score (nSPS) is 16.5. The van der Waals surface area contributed by atoms with E-state index < -0.39 is 5.91 Å². The van der Waals surface area contributed by atoms with Crippen LogP contribution in [0.5, 0.6) is 0 Å². The average Bonchev–Trinajstić information content (AvgIpc) is 3.34. The van der Waals surface area contributed by atoms with Crippen molar-refractivity contribution in [2.75, 3.05) is 23.3 Å². The molecule has 0 saturated heterocycles. The van der Waals surface area contributed by atoms with Crippen LogP contribution in [0.2, 0.25) is 0 Å². The maximum atomic E-state index is 12.2. The third kappa shape index (κ3) is 4.04. The fourth-order valence-corrected chi connectivity index (χ4v) is 2.87. The summed E-state index contributed by atoms with van der Waals surface area (Å²) in [6.45, 7) is 1.00. The van der Waals surface area contributed by atoms with Crippen LogP contribution in [0.3, 0.4) is 0 Å². The number of rotatable bonds is 6. The standard InChI is InChI=1S/C17H22N4O3/c18-15(22)7-8-19-17(24)20-13-4-5-14-12(9-13)3-6-16(23)21(14)10-11-1-2-11/h4-5,9,11H,1-3,6-8,10H2,(H2,18,22)(H2,19,20,24). The first-order valence-electron chi connectivity index (χ1n) is 8.29. The number of primary amides is 1. The minimum absolute atomic E-state index is 0.107. The van der Waals surface area contributed by atoms with E-state index in [0.29, 0.717) is 24.4 Å². The number of amides is 4. The van der Waals surface area contributed by atoms with Crippen LogP contribution >= 0.6 is 0 Å². The minimum atomic E-state index is -0.454. The maximum Gasteiger partial charge on any atom is 0.319 e. The van der Waals surface area contributed by atoms with Crippen molar-refractivity contribution in [1.82, 2.24) is 5.32 Å². The van der Waals surface area contributed by atoms with Crippen molar-refractivity contribution in [2.24, 2.45) is 11.7 Å². The molecule has 1 aliphatic carbocycles. The van der Waals surface area contributed by atoms with Gasteiger partial charge in [-0.3, -0.25) is 9.59 Å². The number of fused-ring (bicyclic) bond motifs is 1. The van der Waals surface area contributed by atoms with Gasteiger partial charge in [-0.25, -0.2) is 4.79 Å². The van der Waals surface area contributed by atoms with Crippen molar-refractivity contribution in [3.05, 3.63) is 23.8 Å². The first kappa shape index (κ1) is 16.3. The van der Waals surface area contributed by atoms with Gasteiger partial charge < -0.3 is 21.3 Å². The molecule has 1 fully saturated rings. The number of anilines is 2. The first-order chi connectivity index (χ1) is 11.5. The van der Waals surface area contributed by atoms with Gasteiger partial charge in [-0.15, -0.1) is 0 Å². The Hall–Kier alpha value is -2.57. The van der Waals surface area contributed by atoms with Crippen molar-refractivity contribution in [2.45, 2.75) is 32.1 Å². The summed E-state index contributed by atoms with van der Waals surface area (Å²) in [7, 11) is 0. The number of nitrogens with one attached hydrogen (secondary N) is 2. The molecule has 0 unspecified atom stereocenters. The summed E-state index contributed by atoms with van der Waals surface area (Å²) in [6, 6.07) is 5.23. The van der Waals surface area contributed by atoms with E-state index in [1.54, 1.807) is 6.07 Å². The lowest BCUT2D eigenvalue weighted by atomic mass is 10.00. The zero-order valence-corrected chi connectivity index (χ0v) is 13.5. The van der Waals surface area contributed by atoms with Crippen molar-refractivity contribution < 1.29 is 14.4 Å². The number of carbonyl (C=O) groups excluding carboxylic acids is 3. The lowest BCUT2D eigenvalue weighted by molar-refractivity contribution is -0.119. The molecule has 1 aromatic rings. The van der Waals surface area contributed by atoms with E-state index in [4.69, 9.17) is 5.73 Å². The molecule has 0 radical (unpaired) electrons. The zero-order valence-electron chi connectivity index (χ0n) is 13.5. The van der Waals surface area contributed by atoms with Gasteiger partial charge in [0.2, 0.25) is 11.8 Å². The van der Waals surface area contributed by atoms with Gasteiger partial charge in [0.1, 0.15) is 0 Å². The van der Waals surface area contributed by atoms with Gasteiger partial charge in [-0.1, -0.05) is 0 Å². The van der Waals surface area contributed by atoms with Crippen LogP contribution in [0.4, 0.5) is 16.2 Å². The van der Waals surface area contributed by atoms with Gasteiger partial charge in [0.15, 0.2) is 0 Å². The van der Waals surface area contributed by atoms with Crippen LogP contribution in [0.25, 0.3) is 0 Å². The van der Waals surface area contributed by atoms with E-state index in [-0.39, 0.29) is 24.9 Å². The van der Waals surface area contributed by atoms with Crippen LogP contribution in [-0.4, -0.2) is 30.9 Å². The third-order valence-electron chi connectivity index (χ3n) is 4.33. The fraction of sp³-hybridized carbons (Fsp3) is 0.471. The molecule has 24 heavy (non-hydrogen) atoms. The third-order valence-corrected chi connectivity index (χ3v) is 4.33. The van der Waals surface area contributed by atoms with E-state index in [2.05, 4.69) is 10.6 Å². The Kier molecular flexibility index (Phi) is 4.69. The van der Waals surface area contributed by atoms with E-state index in [9.17, 15) is 14.4 Å². The maximum absolute atomic E-state index is 12.2. The quantitative estimate of drug-likeness (QED) is 0.733. The van der Waals surface area contributed by atoms with E-state index >= 15 is 0 Å². The molecule has 4 amide bonds. The molecule has 0 spiro atoms. The Morgan fingerprint density at radius 3 is 2.75 bits per heavy atom. The van der Waals surface area contributed by atoms with Gasteiger partial charge in [0.25, 0.3) is 0 Å². The Labute approximate surface area is 140 Å². The summed E-state index contributed by atoms with van der Waals surface area (Å²) >= 11 is 0. The predicted octanol–water partition coefficient (Wildman–Crippen LogP) is 1.37. The van der Waals surface area contributed by atoms with Crippen LogP contribution in [0.1, 0.15) is 31.2 Å². The highest BCUT2D eigenvalue weighted by Crippen LogP contribution is 2.36. The second-order valence-electron chi connectivity index (χ2n) is 6.39. The Morgan fingerprint density at radius 2 is 2.04 bits per heavy atom. The van der Waals surface area contributed by atoms with Crippen molar-refractivity contribution in [3.8, 4) is 0 Å². The predicted molar refractivity (Wildman–Crippen MR) is 90.7 cm³/mol. The smallest absolute Gasteiger partial charge is 0.319 e. The zero-order chi connectivity index (χ0) is 17.1. The Morgan fingerprint density at radius 1 is 1.25 bits per heavy atom. The average molecular weight is 330 g/mol. The second kappa shape index (κ2) is 6.90. The number of urea groups is 1. The highest BCUT2D eigenvalue weighted by Gasteiger charge is 2.30. The Bertz CT molecular complexity index is 670. The molecule has 4 N–H and O–H groups in total. The van der Waals surface area contributed by atoms with Crippen LogP contribution in [0, 0.1) is 5.92 Å². The van der Waals surface area contributed by atoms with Gasteiger partial charge in [0.05, 0.1) is 0 Å². The minimum Gasteiger partial charge on any atom is -0.370 e. The number of aryl methyl sites for hydroxylation is 1. The van der Waals surface area contributed by atoms with Gasteiger partial charge >= 0.3 is 6.03 Å². The number of carbonyl (C=O) groups is 3. The number of nitrogens with two attached hydrogens (primary N) is 1. The Balaban J connectivity index is 1.64. The molecule has 0 bridgehead atoms. The molecule has 3 rings (SSSR count). The first-order valence-corrected chi connectivity index (χ1v) is 8.29.